The van der Waals surface area contributed by atoms with E-state index >= 15 is 0 Å². The van der Waals surface area contributed by atoms with Crippen LogP contribution in [0.25, 0.3) is 6.08 Å². The van der Waals surface area contributed by atoms with Gasteiger partial charge in [0.15, 0.2) is 28.4 Å². The molecule has 1 aromatic rings. The van der Waals surface area contributed by atoms with Crippen LogP contribution in [0.5, 0.6) is 0 Å². The van der Waals surface area contributed by atoms with Crippen LogP contribution in [-0.2, 0) is 4.79 Å². The first-order chi connectivity index (χ1) is 9.27. The minimum absolute atomic E-state index is 0.0537. The van der Waals surface area contributed by atoms with Gasteiger partial charge in [0, 0.05) is 12.7 Å². The maximum atomic E-state index is 13.5. The number of carbonyl (C=O) groups excluding carboxylic acids is 1. The van der Waals surface area contributed by atoms with Crippen molar-refractivity contribution in [3.63, 3.8) is 0 Å². The topological polar surface area (TPSA) is 54.4 Å². The Kier molecular flexibility index (Phi) is 5.32. The molecule has 20 heavy (non-hydrogen) atoms. The Morgan fingerprint density at radius 2 is 1.60 bits per heavy atom. The number of thioether (sulfide) groups is 1. The first kappa shape index (κ1) is 16.2. The van der Waals surface area contributed by atoms with Crippen molar-refractivity contribution in [3.8, 4) is 0 Å². The van der Waals surface area contributed by atoms with E-state index < -0.39 is 40.4 Å². The number of carboxylic acid groups (broad SMARTS) is 1. The fourth-order valence-electron chi connectivity index (χ4n) is 1.31. The molecular weight excluding hydrogens is 300 g/mol. The fourth-order valence-corrected chi connectivity index (χ4v) is 1.74. The SMILES string of the molecule is CC(=O)SCC=Cc1c(F)c(F)c(C(=O)O)c(F)c1F. The van der Waals surface area contributed by atoms with Crippen LogP contribution >= 0.6 is 11.8 Å². The van der Waals surface area contributed by atoms with Crippen molar-refractivity contribution in [2.75, 3.05) is 5.75 Å². The zero-order valence-electron chi connectivity index (χ0n) is 10.0. The number of aromatic carboxylic acids is 1. The Hall–Kier alpha value is -1.83. The third-order valence-corrected chi connectivity index (χ3v) is 2.94. The van der Waals surface area contributed by atoms with Crippen LogP contribution < -0.4 is 0 Å². The van der Waals surface area contributed by atoms with Crippen molar-refractivity contribution < 1.29 is 32.3 Å². The zero-order valence-corrected chi connectivity index (χ0v) is 10.9. The standard InChI is InChI=1S/C12H8F4O3S/c1-5(17)20-4-2-3-6-8(13)10(15)7(12(18)19)11(16)9(6)14/h2-3H,4H2,1H3,(H,18,19). The Balaban J connectivity index is 3.23. The predicted octanol–water partition coefficient (Wildman–Crippen LogP) is 3.23. The second kappa shape index (κ2) is 6.56. The molecule has 0 heterocycles. The van der Waals surface area contributed by atoms with Gasteiger partial charge in [-0.25, -0.2) is 22.4 Å². The summed E-state index contributed by atoms with van der Waals surface area (Å²) >= 11 is 0.826. The number of halogens is 4. The smallest absolute Gasteiger partial charge is 0.341 e. The average Bonchev–Trinajstić information content (AvgIpc) is 2.35. The third-order valence-electron chi connectivity index (χ3n) is 2.18. The lowest BCUT2D eigenvalue weighted by molar-refractivity contribution is -0.109. The second-order valence-corrected chi connectivity index (χ2v) is 4.75. The van der Waals surface area contributed by atoms with Crippen molar-refractivity contribution in [3.05, 3.63) is 40.5 Å². The van der Waals surface area contributed by atoms with E-state index in [1.54, 1.807) is 0 Å². The lowest BCUT2D eigenvalue weighted by atomic mass is 10.1. The lowest BCUT2D eigenvalue weighted by Crippen LogP contribution is -2.11. The van der Waals surface area contributed by atoms with Crippen LogP contribution in [0.15, 0.2) is 6.08 Å². The summed E-state index contributed by atoms with van der Waals surface area (Å²) < 4.78 is 53.6. The van der Waals surface area contributed by atoms with E-state index in [4.69, 9.17) is 5.11 Å². The molecule has 108 valence electrons. The lowest BCUT2D eigenvalue weighted by Gasteiger charge is -2.06. The normalized spacial score (nSPS) is 11.1. The molecule has 0 aliphatic rings. The highest BCUT2D eigenvalue weighted by atomic mass is 32.2. The van der Waals surface area contributed by atoms with Gasteiger partial charge in [0.1, 0.15) is 5.56 Å². The zero-order chi connectivity index (χ0) is 15.4. The maximum absolute atomic E-state index is 13.5. The molecule has 0 bridgehead atoms. The molecule has 0 aromatic heterocycles. The fraction of sp³-hybridized carbons (Fsp3) is 0.167. The van der Waals surface area contributed by atoms with E-state index in [-0.39, 0.29) is 10.9 Å². The van der Waals surface area contributed by atoms with Gasteiger partial charge < -0.3 is 5.11 Å². The number of benzene rings is 1. The minimum Gasteiger partial charge on any atom is -0.477 e. The molecule has 3 nitrogen and oxygen atoms in total. The van der Waals surface area contributed by atoms with E-state index in [2.05, 4.69) is 0 Å². The summed E-state index contributed by atoms with van der Waals surface area (Å²) in [7, 11) is 0. The van der Waals surface area contributed by atoms with Gasteiger partial charge in [-0.2, -0.15) is 0 Å². The molecule has 0 saturated carbocycles. The molecule has 0 saturated heterocycles. The van der Waals surface area contributed by atoms with E-state index in [9.17, 15) is 27.2 Å². The van der Waals surface area contributed by atoms with E-state index in [1.807, 2.05) is 0 Å². The van der Waals surface area contributed by atoms with Crippen molar-refractivity contribution >= 4 is 28.9 Å². The maximum Gasteiger partial charge on any atom is 0.341 e. The van der Waals surface area contributed by atoms with Crippen molar-refractivity contribution in [2.24, 2.45) is 0 Å². The number of carbonyl (C=O) groups is 2. The van der Waals surface area contributed by atoms with Crippen LogP contribution in [0.4, 0.5) is 17.6 Å². The quantitative estimate of drug-likeness (QED) is 0.685. The number of hydrogen-bond acceptors (Lipinski definition) is 3. The first-order valence-corrected chi connectivity index (χ1v) is 6.15. The largest absolute Gasteiger partial charge is 0.477 e. The Bertz CT molecular complexity index is 570. The molecule has 0 aliphatic heterocycles. The van der Waals surface area contributed by atoms with Gasteiger partial charge in [-0.15, -0.1) is 0 Å². The van der Waals surface area contributed by atoms with Crippen LogP contribution in [0.3, 0.4) is 0 Å². The molecule has 0 fully saturated rings. The number of carboxylic acids is 1. The summed E-state index contributed by atoms with van der Waals surface area (Å²) in [5.74, 6) is -9.61. The molecule has 1 N–H and O–H groups in total. The molecule has 0 radical (unpaired) electrons. The van der Waals surface area contributed by atoms with Crippen LogP contribution in [0.2, 0.25) is 0 Å². The molecule has 1 aromatic carbocycles. The Morgan fingerprint density at radius 3 is 2.00 bits per heavy atom. The molecular formula is C12H8F4O3S. The van der Waals surface area contributed by atoms with Crippen LogP contribution in [0.1, 0.15) is 22.8 Å². The van der Waals surface area contributed by atoms with E-state index in [1.165, 1.54) is 6.92 Å². The molecule has 0 spiro atoms. The number of hydrogen-bond donors (Lipinski definition) is 1. The minimum atomic E-state index is -2.11. The van der Waals surface area contributed by atoms with Gasteiger partial charge in [-0.05, 0) is 0 Å². The van der Waals surface area contributed by atoms with Crippen LogP contribution in [-0.4, -0.2) is 21.9 Å². The summed E-state index contributed by atoms with van der Waals surface area (Å²) in [6.07, 6.45) is 1.88. The summed E-state index contributed by atoms with van der Waals surface area (Å²) in [6.45, 7) is 1.28. The van der Waals surface area contributed by atoms with Gasteiger partial charge in [-0.3, -0.25) is 4.79 Å². The molecule has 8 heteroatoms. The van der Waals surface area contributed by atoms with E-state index in [0.717, 1.165) is 23.9 Å². The summed E-state index contributed by atoms with van der Waals surface area (Å²) in [4.78, 5) is 21.1. The van der Waals surface area contributed by atoms with E-state index in [0.29, 0.717) is 0 Å². The highest BCUT2D eigenvalue weighted by Crippen LogP contribution is 2.25. The summed E-state index contributed by atoms with van der Waals surface area (Å²) in [5.41, 5.74) is -2.72. The Labute approximate surface area is 115 Å². The predicted molar refractivity (Wildman–Crippen MR) is 65.4 cm³/mol. The molecule has 0 aliphatic carbocycles. The molecule has 1 rings (SSSR count). The van der Waals surface area contributed by atoms with Gasteiger partial charge in [0.25, 0.3) is 0 Å². The molecule has 0 amide bonds. The van der Waals surface area contributed by atoms with Gasteiger partial charge in [-0.1, -0.05) is 23.9 Å². The molecule has 0 unspecified atom stereocenters. The highest BCUT2D eigenvalue weighted by Gasteiger charge is 2.27. The van der Waals surface area contributed by atoms with Crippen molar-refractivity contribution in [1.29, 1.82) is 0 Å². The second-order valence-electron chi connectivity index (χ2n) is 3.55. The van der Waals surface area contributed by atoms with Gasteiger partial charge >= 0.3 is 5.97 Å². The summed E-state index contributed by atoms with van der Waals surface area (Å²) in [6, 6.07) is 0. The van der Waals surface area contributed by atoms with Gasteiger partial charge in [0.2, 0.25) is 0 Å². The number of rotatable bonds is 4. The molecule has 0 atom stereocenters. The first-order valence-electron chi connectivity index (χ1n) is 5.16. The Morgan fingerprint density at radius 1 is 1.10 bits per heavy atom. The summed E-state index contributed by atoms with van der Waals surface area (Å²) in [5, 5.41) is 8.25. The highest BCUT2D eigenvalue weighted by molar-refractivity contribution is 8.13. The van der Waals surface area contributed by atoms with Crippen molar-refractivity contribution in [1.82, 2.24) is 0 Å². The van der Waals surface area contributed by atoms with Crippen molar-refractivity contribution in [2.45, 2.75) is 6.92 Å². The van der Waals surface area contributed by atoms with Gasteiger partial charge in [0.05, 0.1) is 5.56 Å². The average molecular weight is 308 g/mol. The monoisotopic (exact) mass is 308 g/mol. The third kappa shape index (κ3) is 3.38. The van der Waals surface area contributed by atoms with Crippen LogP contribution in [0, 0.1) is 23.3 Å².